The van der Waals surface area contributed by atoms with E-state index in [-0.39, 0.29) is 5.91 Å². The molecule has 1 aromatic rings. The topological polar surface area (TPSA) is 59.2 Å². The maximum Gasteiger partial charge on any atom is 0.232 e. The summed E-state index contributed by atoms with van der Waals surface area (Å²) in [5, 5.41) is 0.561. The molecule has 0 aliphatic rings. The number of thioether (sulfide) groups is 1. The van der Waals surface area contributed by atoms with Crippen LogP contribution in [0.25, 0.3) is 0 Å². The zero-order chi connectivity index (χ0) is 11.4. The van der Waals surface area contributed by atoms with E-state index in [1.54, 1.807) is 11.9 Å². The molecule has 0 unspecified atom stereocenters. The number of nitrogens with zero attached hydrogens (tertiary/aromatic N) is 2. The number of nitrogen functional groups attached to an aromatic ring is 1. The number of anilines is 1. The third-order valence-corrected chi connectivity index (χ3v) is 4.33. The van der Waals surface area contributed by atoms with Crippen molar-refractivity contribution in [2.24, 2.45) is 0 Å². The highest BCUT2D eigenvalue weighted by Crippen LogP contribution is 2.30. The summed E-state index contributed by atoms with van der Waals surface area (Å²) in [6.45, 7) is 4.60. The average molecular weight is 245 g/mol. The molecular formula is C9H15N3OS2. The standard InChI is InChI=1S/C9H15N3OS2/c1-4-12(3)7(13)5-14-8-6(2)11-9(10)15-8/h4-5H2,1-3H3,(H2,10,11). The number of thiazole rings is 1. The highest BCUT2D eigenvalue weighted by Gasteiger charge is 2.11. The Hall–Kier alpha value is -0.750. The number of hydrogen-bond acceptors (Lipinski definition) is 5. The highest BCUT2D eigenvalue weighted by atomic mass is 32.2. The molecule has 84 valence electrons. The van der Waals surface area contributed by atoms with Crippen molar-refractivity contribution in [3.63, 3.8) is 0 Å². The lowest BCUT2D eigenvalue weighted by atomic mass is 10.5. The van der Waals surface area contributed by atoms with Crippen LogP contribution in [0.1, 0.15) is 12.6 Å². The van der Waals surface area contributed by atoms with Crippen LogP contribution < -0.4 is 5.73 Å². The first-order valence-electron chi connectivity index (χ1n) is 4.64. The second-order valence-corrected chi connectivity index (χ2v) is 5.40. The van der Waals surface area contributed by atoms with Gasteiger partial charge in [0.15, 0.2) is 5.13 Å². The zero-order valence-electron chi connectivity index (χ0n) is 9.11. The van der Waals surface area contributed by atoms with Gasteiger partial charge in [0.1, 0.15) is 0 Å². The molecule has 0 saturated carbocycles. The fourth-order valence-corrected chi connectivity index (χ4v) is 2.91. The molecule has 0 atom stereocenters. The van der Waals surface area contributed by atoms with E-state index < -0.39 is 0 Å². The molecule has 0 radical (unpaired) electrons. The Balaban J connectivity index is 2.50. The zero-order valence-corrected chi connectivity index (χ0v) is 10.7. The monoisotopic (exact) mass is 245 g/mol. The molecule has 0 spiro atoms. The molecule has 6 heteroatoms. The van der Waals surface area contributed by atoms with E-state index in [0.29, 0.717) is 10.9 Å². The first kappa shape index (κ1) is 12.3. The van der Waals surface area contributed by atoms with E-state index in [1.165, 1.54) is 23.1 Å². The van der Waals surface area contributed by atoms with Crippen molar-refractivity contribution in [1.82, 2.24) is 9.88 Å². The van der Waals surface area contributed by atoms with Crippen molar-refractivity contribution < 1.29 is 4.79 Å². The van der Waals surface area contributed by atoms with Gasteiger partial charge in [0.2, 0.25) is 5.91 Å². The molecule has 0 aromatic carbocycles. The Labute approximate surface area is 97.9 Å². The van der Waals surface area contributed by atoms with Gasteiger partial charge in [-0.15, -0.1) is 11.8 Å². The first-order chi connectivity index (χ1) is 7.04. The Morgan fingerprint density at radius 3 is 2.80 bits per heavy atom. The van der Waals surface area contributed by atoms with Gasteiger partial charge in [-0.3, -0.25) is 4.79 Å². The van der Waals surface area contributed by atoms with Crippen LogP contribution >= 0.6 is 23.1 Å². The minimum Gasteiger partial charge on any atom is -0.375 e. The average Bonchev–Trinajstić information content (AvgIpc) is 2.52. The molecule has 0 aliphatic carbocycles. The highest BCUT2D eigenvalue weighted by molar-refractivity contribution is 8.01. The summed E-state index contributed by atoms with van der Waals surface area (Å²) in [6.07, 6.45) is 0. The second-order valence-electron chi connectivity index (χ2n) is 3.12. The molecule has 1 aromatic heterocycles. The smallest absolute Gasteiger partial charge is 0.232 e. The summed E-state index contributed by atoms with van der Waals surface area (Å²) < 4.78 is 1.03. The predicted molar refractivity (Wildman–Crippen MR) is 65.3 cm³/mol. The van der Waals surface area contributed by atoms with Crippen molar-refractivity contribution in [2.75, 3.05) is 25.1 Å². The van der Waals surface area contributed by atoms with Gasteiger partial charge in [-0.2, -0.15) is 0 Å². The van der Waals surface area contributed by atoms with Crippen molar-refractivity contribution >= 4 is 34.1 Å². The summed E-state index contributed by atoms with van der Waals surface area (Å²) in [6, 6.07) is 0. The number of rotatable bonds is 4. The van der Waals surface area contributed by atoms with Gasteiger partial charge in [0, 0.05) is 13.6 Å². The van der Waals surface area contributed by atoms with Crippen LogP contribution in [0.2, 0.25) is 0 Å². The molecule has 0 saturated heterocycles. The minimum absolute atomic E-state index is 0.133. The third kappa shape index (κ3) is 3.39. The maximum absolute atomic E-state index is 11.5. The molecule has 2 N–H and O–H groups in total. The van der Waals surface area contributed by atoms with Gasteiger partial charge in [-0.25, -0.2) is 4.98 Å². The molecule has 0 bridgehead atoms. The van der Waals surface area contributed by atoms with Crippen LogP contribution in [-0.4, -0.2) is 35.1 Å². The van der Waals surface area contributed by atoms with Crippen molar-refractivity contribution in [3.05, 3.63) is 5.69 Å². The third-order valence-electron chi connectivity index (χ3n) is 2.00. The van der Waals surface area contributed by atoms with Crippen molar-refractivity contribution in [2.45, 2.75) is 18.1 Å². The molecule has 0 fully saturated rings. The summed E-state index contributed by atoms with van der Waals surface area (Å²) >= 11 is 2.94. The summed E-state index contributed by atoms with van der Waals surface area (Å²) in [4.78, 5) is 17.3. The summed E-state index contributed by atoms with van der Waals surface area (Å²) in [5.74, 6) is 0.584. The Kier molecular flexibility index (Phi) is 4.41. The number of aromatic nitrogens is 1. The van der Waals surface area contributed by atoms with E-state index in [0.717, 1.165) is 16.4 Å². The molecule has 15 heavy (non-hydrogen) atoms. The van der Waals surface area contributed by atoms with E-state index in [9.17, 15) is 4.79 Å². The van der Waals surface area contributed by atoms with Gasteiger partial charge < -0.3 is 10.6 Å². The number of carbonyl (C=O) groups is 1. The van der Waals surface area contributed by atoms with Crippen LogP contribution in [0.3, 0.4) is 0 Å². The molecule has 4 nitrogen and oxygen atoms in total. The molecule has 0 aliphatic heterocycles. The second kappa shape index (κ2) is 5.37. The van der Waals surface area contributed by atoms with Crippen LogP contribution in [0.15, 0.2) is 4.21 Å². The summed E-state index contributed by atoms with van der Waals surface area (Å²) in [5.41, 5.74) is 6.48. The minimum atomic E-state index is 0.133. The van der Waals surface area contributed by atoms with Crippen molar-refractivity contribution in [3.8, 4) is 0 Å². The van der Waals surface area contributed by atoms with E-state index in [4.69, 9.17) is 5.73 Å². The quantitative estimate of drug-likeness (QED) is 0.819. The molecule has 1 rings (SSSR count). The maximum atomic E-state index is 11.5. The molecule has 1 amide bonds. The van der Waals surface area contributed by atoms with Crippen molar-refractivity contribution in [1.29, 1.82) is 0 Å². The number of hydrogen-bond donors (Lipinski definition) is 1. The first-order valence-corrected chi connectivity index (χ1v) is 6.44. The van der Waals surface area contributed by atoms with Gasteiger partial charge in [0.25, 0.3) is 0 Å². The fraction of sp³-hybridized carbons (Fsp3) is 0.556. The Morgan fingerprint density at radius 2 is 2.33 bits per heavy atom. The largest absolute Gasteiger partial charge is 0.375 e. The van der Waals surface area contributed by atoms with Crippen LogP contribution in [0, 0.1) is 6.92 Å². The van der Waals surface area contributed by atoms with Gasteiger partial charge in [-0.1, -0.05) is 11.3 Å². The lowest BCUT2D eigenvalue weighted by molar-refractivity contribution is -0.126. The Morgan fingerprint density at radius 1 is 1.67 bits per heavy atom. The SMILES string of the molecule is CCN(C)C(=O)CSc1sc(N)nc1C. The number of aryl methyl sites for hydroxylation is 1. The fourth-order valence-electron chi connectivity index (χ4n) is 0.950. The molecular weight excluding hydrogens is 230 g/mol. The van der Waals surface area contributed by atoms with E-state index in [1.807, 2.05) is 13.8 Å². The van der Waals surface area contributed by atoms with E-state index >= 15 is 0 Å². The van der Waals surface area contributed by atoms with Crippen LogP contribution in [0.5, 0.6) is 0 Å². The Bertz CT molecular complexity index is 351. The molecule has 1 heterocycles. The number of amides is 1. The number of carbonyl (C=O) groups excluding carboxylic acids is 1. The normalized spacial score (nSPS) is 10.3. The lowest BCUT2D eigenvalue weighted by Gasteiger charge is -2.13. The summed E-state index contributed by atoms with van der Waals surface area (Å²) in [7, 11) is 1.80. The van der Waals surface area contributed by atoms with Gasteiger partial charge in [0.05, 0.1) is 15.7 Å². The van der Waals surface area contributed by atoms with E-state index in [2.05, 4.69) is 4.98 Å². The van der Waals surface area contributed by atoms with Crippen LogP contribution in [0.4, 0.5) is 5.13 Å². The van der Waals surface area contributed by atoms with Gasteiger partial charge in [-0.05, 0) is 13.8 Å². The lowest BCUT2D eigenvalue weighted by Crippen LogP contribution is -2.27. The van der Waals surface area contributed by atoms with Gasteiger partial charge >= 0.3 is 0 Å². The number of nitrogens with two attached hydrogens (primary N) is 1. The van der Waals surface area contributed by atoms with Crippen LogP contribution in [-0.2, 0) is 4.79 Å². The predicted octanol–water partition coefficient (Wildman–Crippen LogP) is 1.60.